The van der Waals surface area contributed by atoms with E-state index in [9.17, 15) is 4.79 Å². The predicted molar refractivity (Wildman–Crippen MR) is 119 cm³/mol. The number of hydrogen-bond donors (Lipinski definition) is 0. The van der Waals surface area contributed by atoms with Crippen LogP contribution in [-0.2, 0) is 6.54 Å². The quantitative estimate of drug-likeness (QED) is 0.483. The number of nitrogens with zero attached hydrogens (tertiary/aromatic N) is 1. The van der Waals surface area contributed by atoms with Crippen molar-refractivity contribution in [1.82, 2.24) is 4.90 Å². The van der Waals surface area contributed by atoms with Gasteiger partial charge in [0.1, 0.15) is 0 Å². The molecule has 5 rings (SSSR count). The molecule has 2 atom stereocenters. The highest BCUT2D eigenvalue weighted by Crippen LogP contribution is 2.45. The lowest BCUT2D eigenvalue weighted by atomic mass is 9.85. The number of rotatable bonds is 3. The van der Waals surface area contributed by atoms with Crippen LogP contribution < -0.4 is 0 Å². The number of carbonyl (C=O) groups excluding carboxylic acids is 1. The van der Waals surface area contributed by atoms with Crippen molar-refractivity contribution in [3.05, 3.63) is 93.5 Å². The van der Waals surface area contributed by atoms with Crippen molar-refractivity contribution in [2.45, 2.75) is 18.9 Å². The molecule has 29 heavy (non-hydrogen) atoms. The maximum absolute atomic E-state index is 13.0. The normalized spacial score (nSPS) is 21.1. The third kappa shape index (κ3) is 3.50. The molecule has 4 heteroatoms. The lowest BCUT2D eigenvalue weighted by Crippen LogP contribution is -2.38. The maximum Gasteiger partial charge on any atom is 0.166 e. The monoisotopic (exact) mass is 421 g/mol. The van der Waals surface area contributed by atoms with E-state index in [1.165, 1.54) is 11.1 Å². The van der Waals surface area contributed by atoms with Gasteiger partial charge in [0.25, 0.3) is 0 Å². The minimum atomic E-state index is 0.105. The number of likely N-dealkylation sites (tertiary alicyclic amines) is 1. The van der Waals surface area contributed by atoms with Crippen LogP contribution in [0.5, 0.6) is 0 Å². The maximum atomic E-state index is 13.0. The van der Waals surface area contributed by atoms with Gasteiger partial charge in [0, 0.05) is 46.1 Å². The third-order valence-corrected chi connectivity index (χ3v) is 6.79. The summed E-state index contributed by atoms with van der Waals surface area (Å²) in [4.78, 5) is 15.5. The minimum absolute atomic E-state index is 0.105. The van der Waals surface area contributed by atoms with E-state index >= 15 is 0 Å². The van der Waals surface area contributed by atoms with Gasteiger partial charge in [-0.15, -0.1) is 0 Å². The molecule has 0 saturated carbocycles. The van der Waals surface area contributed by atoms with E-state index < -0.39 is 0 Å². The van der Waals surface area contributed by atoms with Crippen molar-refractivity contribution in [2.24, 2.45) is 5.92 Å². The largest absolute Gasteiger partial charge is 0.298 e. The molecule has 2 aliphatic rings. The standard InChI is InChI=1S/C25H21Cl2NO/c26-18-7-9-19(24(27)13-18)17-6-8-20-22(12-17)23-15-28(11-10-21(23)25(20)29)14-16-4-2-1-3-5-16/h1-9,12-13,21,23H,10-11,14-15H2. The van der Waals surface area contributed by atoms with Crippen LogP contribution in [0.4, 0.5) is 0 Å². The summed E-state index contributed by atoms with van der Waals surface area (Å²) >= 11 is 12.5. The molecule has 2 nitrogen and oxygen atoms in total. The van der Waals surface area contributed by atoms with Crippen LogP contribution >= 0.6 is 23.2 Å². The lowest BCUT2D eigenvalue weighted by Gasteiger charge is -2.34. The molecule has 0 radical (unpaired) electrons. The molecule has 2 unspecified atom stereocenters. The van der Waals surface area contributed by atoms with Gasteiger partial charge in [-0.05, 0) is 41.8 Å². The summed E-state index contributed by atoms with van der Waals surface area (Å²) in [5.74, 6) is 0.659. The number of benzene rings is 3. The molecule has 0 spiro atoms. The molecule has 0 amide bonds. The zero-order valence-corrected chi connectivity index (χ0v) is 17.5. The molecular formula is C25H21Cl2NO. The summed E-state index contributed by atoms with van der Waals surface area (Å²) in [7, 11) is 0. The zero-order valence-electron chi connectivity index (χ0n) is 15.9. The van der Waals surface area contributed by atoms with E-state index in [2.05, 4.69) is 35.2 Å². The van der Waals surface area contributed by atoms with Gasteiger partial charge >= 0.3 is 0 Å². The fourth-order valence-corrected chi connectivity index (χ4v) is 5.34. The second-order valence-corrected chi connectivity index (χ2v) is 8.86. The van der Waals surface area contributed by atoms with Crippen molar-refractivity contribution in [1.29, 1.82) is 0 Å². The number of halogens is 2. The van der Waals surface area contributed by atoms with E-state index in [1.54, 1.807) is 6.07 Å². The highest BCUT2D eigenvalue weighted by molar-refractivity contribution is 6.36. The van der Waals surface area contributed by atoms with Gasteiger partial charge in [0.2, 0.25) is 0 Å². The first-order valence-electron chi connectivity index (χ1n) is 10.00. The molecule has 1 aliphatic carbocycles. The van der Waals surface area contributed by atoms with Crippen LogP contribution in [0.25, 0.3) is 11.1 Å². The first-order chi connectivity index (χ1) is 14.1. The molecule has 1 heterocycles. The van der Waals surface area contributed by atoms with Gasteiger partial charge in [-0.1, -0.05) is 77.8 Å². The fraction of sp³-hybridized carbons (Fsp3) is 0.240. The molecule has 1 aliphatic heterocycles. The molecule has 0 N–H and O–H groups in total. The molecule has 3 aromatic rings. The van der Waals surface area contributed by atoms with Gasteiger partial charge < -0.3 is 0 Å². The van der Waals surface area contributed by atoms with E-state index in [4.69, 9.17) is 23.2 Å². The molecule has 3 aromatic carbocycles. The van der Waals surface area contributed by atoms with Gasteiger partial charge in [0.05, 0.1) is 0 Å². The highest BCUT2D eigenvalue weighted by atomic mass is 35.5. The summed E-state index contributed by atoms with van der Waals surface area (Å²) in [5.41, 5.74) is 5.36. The number of hydrogen-bond acceptors (Lipinski definition) is 2. The Balaban J connectivity index is 1.46. The Bertz CT molecular complexity index is 1080. The second-order valence-electron chi connectivity index (χ2n) is 8.01. The van der Waals surface area contributed by atoms with Crippen molar-refractivity contribution < 1.29 is 4.79 Å². The predicted octanol–water partition coefficient (Wildman–Crippen LogP) is 6.46. The number of piperidine rings is 1. The summed E-state index contributed by atoms with van der Waals surface area (Å²) in [6, 6.07) is 22.3. The summed E-state index contributed by atoms with van der Waals surface area (Å²) in [5, 5.41) is 1.26. The first-order valence-corrected chi connectivity index (χ1v) is 10.8. The van der Waals surface area contributed by atoms with Crippen molar-refractivity contribution in [3.8, 4) is 11.1 Å². The van der Waals surface area contributed by atoms with E-state index in [1.807, 2.05) is 30.3 Å². The Morgan fingerprint density at radius 1 is 0.897 bits per heavy atom. The number of carbonyl (C=O) groups is 1. The fourth-order valence-electron chi connectivity index (χ4n) is 4.82. The molecule has 146 valence electrons. The summed E-state index contributed by atoms with van der Waals surface area (Å²) < 4.78 is 0. The summed E-state index contributed by atoms with van der Waals surface area (Å²) in [6.07, 6.45) is 0.919. The van der Waals surface area contributed by atoms with E-state index in [0.29, 0.717) is 15.8 Å². The number of fused-ring (bicyclic) bond motifs is 3. The van der Waals surface area contributed by atoms with Gasteiger partial charge in [-0.2, -0.15) is 0 Å². The Hall–Kier alpha value is -2.13. The van der Waals surface area contributed by atoms with Crippen LogP contribution in [0.3, 0.4) is 0 Å². The van der Waals surface area contributed by atoms with Crippen molar-refractivity contribution in [3.63, 3.8) is 0 Å². The lowest BCUT2D eigenvalue weighted by molar-refractivity contribution is 0.0834. The van der Waals surface area contributed by atoms with Gasteiger partial charge in [-0.25, -0.2) is 0 Å². The molecular weight excluding hydrogens is 401 g/mol. The SMILES string of the molecule is O=C1c2ccc(-c3ccc(Cl)cc3Cl)cc2C2CN(Cc3ccccc3)CCC12. The Morgan fingerprint density at radius 3 is 2.48 bits per heavy atom. The average Bonchev–Trinajstić information content (AvgIpc) is 3.00. The smallest absolute Gasteiger partial charge is 0.166 e. The van der Waals surface area contributed by atoms with Gasteiger partial charge in [-0.3, -0.25) is 9.69 Å². The number of ketones is 1. The Labute approximate surface area is 181 Å². The van der Waals surface area contributed by atoms with Crippen LogP contribution in [0.15, 0.2) is 66.7 Å². The molecule has 0 aromatic heterocycles. The molecule has 0 bridgehead atoms. The van der Waals surface area contributed by atoms with Crippen LogP contribution in [-0.4, -0.2) is 23.8 Å². The van der Waals surface area contributed by atoms with Crippen LogP contribution in [0, 0.1) is 5.92 Å². The van der Waals surface area contributed by atoms with Crippen molar-refractivity contribution >= 4 is 29.0 Å². The Morgan fingerprint density at radius 2 is 1.69 bits per heavy atom. The van der Waals surface area contributed by atoms with E-state index in [-0.39, 0.29) is 11.8 Å². The first kappa shape index (κ1) is 18.9. The molecule has 1 saturated heterocycles. The average molecular weight is 422 g/mol. The Kier molecular flexibility index (Phi) is 4.95. The second kappa shape index (κ2) is 7.60. The molecule has 1 fully saturated rings. The zero-order chi connectivity index (χ0) is 20.0. The van der Waals surface area contributed by atoms with Crippen LogP contribution in [0.2, 0.25) is 10.0 Å². The van der Waals surface area contributed by atoms with Crippen LogP contribution in [0.1, 0.15) is 33.8 Å². The highest BCUT2D eigenvalue weighted by Gasteiger charge is 2.42. The third-order valence-electron chi connectivity index (χ3n) is 6.24. The minimum Gasteiger partial charge on any atom is -0.298 e. The van der Waals surface area contributed by atoms with Gasteiger partial charge in [0.15, 0.2) is 5.78 Å². The number of Topliss-reactive ketones (excluding diaryl/α,β-unsaturated/α-hetero) is 1. The summed E-state index contributed by atoms with van der Waals surface area (Å²) in [6.45, 7) is 2.80. The topological polar surface area (TPSA) is 20.3 Å². The van der Waals surface area contributed by atoms with Crippen molar-refractivity contribution in [2.75, 3.05) is 13.1 Å². The van der Waals surface area contributed by atoms with E-state index in [0.717, 1.165) is 42.7 Å².